The molecule has 0 nitrogen and oxygen atoms in total. The Labute approximate surface area is 104 Å². The normalized spacial score (nSPS) is 10.4. The van der Waals surface area contributed by atoms with Crippen molar-refractivity contribution < 1.29 is 4.39 Å². The summed E-state index contributed by atoms with van der Waals surface area (Å²) in [5.41, 5.74) is 1.93. The van der Waals surface area contributed by atoms with Gasteiger partial charge in [0.1, 0.15) is 5.82 Å². The molecule has 0 fully saturated rings. The second-order valence-corrected chi connectivity index (χ2v) is 4.40. The molecule has 0 atom stereocenters. The number of benzene rings is 2. The van der Waals surface area contributed by atoms with Gasteiger partial charge in [0.2, 0.25) is 0 Å². The number of hydrogen-bond acceptors (Lipinski definition) is 0. The van der Waals surface area contributed by atoms with E-state index in [9.17, 15) is 4.39 Å². The highest BCUT2D eigenvalue weighted by atomic mass is 35.5. The molecule has 2 aromatic carbocycles. The molecule has 0 unspecified atom stereocenters. The summed E-state index contributed by atoms with van der Waals surface area (Å²) in [6.45, 7) is 0. The van der Waals surface area contributed by atoms with Gasteiger partial charge in [-0.15, -0.1) is 0 Å². The standard InChI is InChI=1S/C13H9Cl2F/c14-11-3-1-2-9(7-11)6-10-4-5-12(15)13(16)8-10/h1-5,7-8H,6H2. The molecule has 0 heterocycles. The Hall–Kier alpha value is -1.05. The molecule has 0 radical (unpaired) electrons. The Bertz CT molecular complexity index is 509. The number of halogens is 3. The van der Waals surface area contributed by atoms with Crippen LogP contribution in [0.2, 0.25) is 10.0 Å². The van der Waals surface area contributed by atoms with Crippen LogP contribution in [0.1, 0.15) is 11.1 Å². The monoisotopic (exact) mass is 254 g/mol. The minimum Gasteiger partial charge on any atom is -0.205 e. The zero-order valence-electron chi connectivity index (χ0n) is 8.38. The fourth-order valence-electron chi connectivity index (χ4n) is 1.53. The second kappa shape index (κ2) is 4.86. The molecule has 0 saturated carbocycles. The maximum atomic E-state index is 13.2. The lowest BCUT2D eigenvalue weighted by Gasteiger charge is -2.03. The van der Waals surface area contributed by atoms with Gasteiger partial charge in [-0.3, -0.25) is 0 Å². The average molecular weight is 255 g/mol. The van der Waals surface area contributed by atoms with Gasteiger partial charge in [0, 0.05) is 5.02 Å². The minimum absolute atomic E-state index is 0.148. The van der Waals surface area contributed by atoms with Crippen LogP contribution in [0, 0.1) is 5.82 Å². The Morgan fingerprint density at radius 1 is 0.938 bits per heavy atom. The van der Waals surface area contributed by atoms with Crippen molar-refractivity contribution in [3.05, 3.63) is 69.5 Å². The van der Waals surface area contributed by atoms with Crippen LogP contribution < -0.4 is 0 Å². The van der Waals surface area contributed by atoms with E-state index in [1.54, 1.807) is 6.07 Å². The SMILES string of the molecule is Fc1cc(Cc2cccc(Cl)c2)ccc1Cl. The molecule has 0 aromatic heterocycles. The van der Waals surface area contributed by atoms with Crippen LogP contribution in [0.5, 0.6) is 0 Å². The third-order valence-corrected chi connectivity index (χ3v) is 2.82. The van der Waals surface area contributed by atoms with Crippen molar-refractivity contribution in [1.29, 1.82) is 0 Å². The van der Waals surface area contributed by atoms with Crippen LogP contribution in [-0.4, -0.2) is 0 Å². The molecule has 0 aliphatic carbocycles. The molecule has 0 aliphatic rings. The summed E-state index contributed by atoms with van der Waals surface area (Å²) in [6.07, 6.45) is 0.647. The summed E-state index contributed by atoms with van der Waals surface area (Å²) in [6, 6.07) is 12.3. The predicted molar refractivity (Wildman–Crippen MR) is 65.7 cm³/mol. The first-order chi connectivity index (χ1) is 7.65. The van der Waals surface area contributed by atoms with Gasteiger partial charge < -0.3 is 0 Å². The highest BCUT2D eigenvalue weighted by Crippen LogP contribution is 2.19. The Morgan fingerprint density at radius 3 is 2.38 bits per heavy atom. The van der Waals surface area contributed by atoms with E-state index in [1.807, 2.05) is 30.3 Å². The Morgan fingerprint density at radius 2 is 1.69 bits per heavy atom. The molecule has 3 heteroatoms. The lowest BCUT2D eigenvalue weighted by Crippen LogP contribution is -1.89. The van der Waals surface area contributed by atoms with E-state index >= 15 is 0 Å². The second-order valence-electron chi connectivity index (χ2n) is 3.56. The van der Waals surface area contributed by atoms with Crippen molar-refractivity contribution in [2.24, 2.45) is 0 Å². The maximum absolute atomic E-state index is 13.2. The molecule has 82 valence electrons. The summed E-state index contributed by atoms with van der Waals surface area (Å²) < 4.78 is 13.2. The highest BCUT2D eigenvalue weighted by Gasteiger charge is 2.02. The van der Waals surface area contributed by atoms with Gasteiger partial charge >= 0.3 is 0 Å². The van der Waals surface area contributed by atoms with E-state index in [1.165, 1.54) is 6.07 Å². The molecule has 0 amide bonds. The zero-order valence-corrected chi connectivity index (χ0v) is 9.89. The van der Waals surface area contributed by atoms with E-state index in [2.05, 4.69) is 0 Å². The molecule has 0 spiro atoms. The summed E-state index contributed by atoms with van der Waals surface area (Å²) in [4.78, 5) is 0. The van der Waals surface area contributed by atoms with Crippen molar-refractivity contribution in [3.8, 4) is 0 Å². The Kier molecular flexibility index (Phi) is 3.47. The van der Waals surface area contributed by atoms with Crippen molar-refractivity contribution >= 4 is 23.2 Å². The lowest BCUT2D eigenvalue weighted by atomic mass is 10.1. The molecule has 0 aliphatic heterocycles. The molecule has 2 aromatic rings. The molecular formula is C13H9Cl2F. The van der Waals surface area contributed by atoms with Crippen molar-refractivity contribution in [2.45, 2.75) is 6.42 Å². The summed E-state index contributed by atoms with van der Waals surface area (Å²) in [7, 11) is 0. The minimum atomic E-state index is -0.388. The summed E-state index contributed by atoms with van der Waals surface area (Å²) in [5.74, 6) is -0.388. The van der Waals surface area contributed by atoms with Crippen molar-refractivity contribution in [3.63, 3.8) is 0 Å². The quantitative estimate of drug-likeness (QED) is 0.728. The van der Waals surface area contributed by atoms with Gasteiger partial charge in [-0.1, -0.05) is 41.4 Å². The molecule has 2 rings (SSSR count). The molecule has 0 saturated heterocycles. The number of hydrogen-bond donors (Lipinski definition) is 0. The van der Waals surface area contributed by atoms with Crippen LogP contribution in [0.3, 0.4) is 0 Å². The van der Waals surface area contributed by atoms with Crippen LogP contribution in [-0.2, 0) is 6.42 Å². The van der Waals surface area contributed by atoms with Crippen LogP contribution in [0.15, 0.2) is 42.5 Å². The fourth-order valence-corrected chi connectivity index (χ4v) is 1.86. The van der Waals surface area contributed by atoms with E-state index in [-0.39, 0.29) is 10.8 Å². The van der Waals surface area contributed by atoms with E-state index in [0.717, 1.165) is 11.1 Å². The van der Waals surface area contributed by atoms with Crippen LogP contribution in [0.25, 0.3) is 0 Å². The first kappa shape index (κ1) is 11.4. The first-order valence-corrected chi connectivity index (χ1v) is 5.59. The smallest absolute Gasteiger partial charge is 0.142 e. The highest BCUT2D eigenvalue weighted by molar-refractivity contribution is 6.31. The van der Waals surface area contributed by atoms with Crippen molar-refractivity contribution in [1.82, 2.24) is 0 Å². The first-order valence-electron chi connectivity index (χ1n) is 4.83. The molecule has 0 bridgehead atoms. The van der Waals surface area contributed by atoms with Crippen LogP contribution >= 0.6 is 23.2 Å². The van der Waals surface area contributed by atoms with E-state index in [4.69, 9.17) is 23.2 Å². The van der Waals surface area contributed by atoms with Gasteiger partial charge in [-0.05, 0) is 41.8 Å². The summed E-state index contributed by atoms with van der Waals surface area (Å²) in [5, 5.41) is 0.835. The lowest BCUT2D eigenvalue weighted by molar-refractivity contribution is 0.626. The zero-order chi connectivity index (χ0) is 11.5. The number of rotatable bonds is 2. The largest absolute Gasteiger partial charge is 0.205 e. The maximum Gasteiger partial charge on any atom is 0.142 e. The van der Waals surface area contributed by atoms with Crippen LogP contribution in [0.4, 0.5) is 4.39 Å². The molecule has 16 heavy (non-hydrogen) atoms. The van der Waals surface area contributed by atoms with E-state index in [0.29, 0.717) is 11.4 Å². The van der Waals surface area contributed by atoms with Gasteiger partial charge in [0.05, 0.1) is 5.02 Å². The van der Waals surface area contributed by atoms with Gasteiger partial charge in [0.25, 0.3) is 0 Å². The van der Waals surface area contributed by atoms with Gasteiger partial charge in [0.15, 0.2) is 0 Å². The predicted octanol–water partition coefficient (Wildman–Crippen LogP) is 4.72. The fraction of sp³-hybridized carbons (Fsp3) is 0.0769. The van der Waals surface area contributed by atoms with E-state index < -0.39 is 0 Å². The topological polar surface area (TPSA) is 0 Å². The Balaban J connectivity index is 2.24. The molecule has 0 N–H and O–H groups in total. The van der Waals surface area contributed by atoms with Gasteiger partial charge in [-0.2, -0.15) is 0 Å². The average Bonchev–Trinajstić information content (AvgIpc) is 2.24. The molecular weight excluding hydrogens is 246 g/mol. The van der Waals surface area contributed by atoms with Crippen molar-refractivity contribution in [2.75, 3.05) is 0 Å². The third kappa shape index (κ3) is 2.75. The summed E-state index contributed by atoms with van der Waals surface area (Å²) >= 11 is 11.5. The van der Waals surface area contributed by atoms with Gasteiger partial charge in [-0.25, -0.2) is 4.39 Å². The third-order valence-electron chi connectivity index (χ3n) is 2.28.